The second-order valence-corrected chi connectivity index (χ2v) is 7.40. The van der Waals surface area contributed by atoms with Gasteiger partial charge in [-0.2, -0.15) is 11.8 Å². The molecule has 0 aliphatic heterocycles. The Kier molecular flexibility index (Phi) is 5.79. The van der Waals surface area contributed by atoms with E-state index in [1.807, 2.05) is 24.3 Å². The lowest BCUT2D eigenvalue weighted by Gasteiger charge is -2.11. The monoisotopic (exact) mass is 293 g/mol. The average Bonchev–Trinajstić information content (AvgIpc) is 2.24. The van der Waals surface area contributed by atoms with Gasteiger partial charge in [-0.25, -0.2) is 13.6 Å². The summed E-state index contributed by atoms with van der Waals surface area (Å²) in [5.74, 6) is 0.827. The van der Waals surface area contributed by atoms with Crippen LogP contribution >= 0.6 is 23.4 Å². The molecule has 17 heavy (non-hydrogen) atoms. The van der Waals surface area contributed by atoms with Crippen molar-refractivity contribution in [3.8, 4) is 0 Å². The van der Waals surface area contributed by atoms with E-state index < -0.39 is 10.0 Å². The first-order valence-corrected chi connectivity index (χ1v) is 8.40. The fourth-order valence-electron chi connectivity index (χ4n) is 1.35. The molecule has 2 N–H and O–H groups in total. The Morgan fingerprint density at radius 3 is 2.47 bits per heavy atom. The Labute approximate surface area is 112 Å². The molecule has 0 saturated heterocycles. The van der Waals surface area contributed by atoms with Crippen LogP contribution in [0.2, 0.25) is 5.02 Å². The molecule has 1 rings (SSSR count). The topological polar surface area (TPSA) is 60.2 Å². The summed E-state index contributed by atoms with van der Waals surface area (Å²) in [6, 6.07) is 7.69. The van der Waals surface area contributed by atoms with Gasteiger partial charge in [-0.1, -0.05) is 23.7 Å². The molecule has 1 aromatic rings. The largest absolute Gasteiger partial charge is 0.229 e. The highest BCUT2D eigenvalue weighted by Gasteiger charge is 2.07. The van der Waals surface area contributed by atoms with Gasteiger partial charge < -0.3 is 0 Å². The number of benzene rings is 1. The van der Waals surface area contributed by atoms with Gasteiger partial charge in [0.15, 0.2) is 0 Å². The number of rotatable bonds is 6. The van der Waals surface area contributed by atoms with Crippen LogP contribution in [0, 0.1) is 0 Å². The van der Waals surface area contributed by atoms with Gasteiger partial charge in [-0.3, -0.25) is 0 Å². The van der Waals surface area contributed by atoms with Gasteiger partial charge in [0, 0.05) is 10.3 Å². The Morgan fingerprint density at radius 1 is 1.35 bits per heavy atom. The zero-order valence-corrected chi connectivity index (χ0v) is 12.0. The van der Waals surface area contributed by atoms with E-state index in [0.29, 0.717) is 11.7 Å². The highest BCUT2D eigenvalue weighted by Crippen LogP contribution is 2.29. The van der Waals surface area contributed by atoms with Gasteiger partial charge in [-0.15, -0.1) is 0 Å². The fourth-order valence-corrected chi connectivity index (χ4v) is 3.22. The van der Waals surface area contributed by atoms with Crippen LogP contribution in [0.4, 0.5) is 0 Å². The summed E-state index contributed by atoms with van der Waals surface area (Å²) in [5, 5.41) is 5.98. The average molecular weight is 294 g/mol. The minimum absolute atomic E-state index is 0.0489. The highest BCUT2D eigenvalue weighted by molar-refractivity contribution is 7.99. The van der Waals surface area contributed by atoms with Gasteiger partial charge in [0.1, 0.15) is 0 Å². The van der Waals surface area contributed by atoms with Crippen molar-refractivity contribution in [2.75, 3.05) is 11.5 Å². The maximum atomic E-state index is 10.7. The van der Waals surface area contributed by atoms with Gasteiger partial charge in [-0.05, 0) is 36.8 Å². The number of halogens is 1. The van der Waals surface area contributed by atoms with E-state index >= 15 is 0 Å². The summed E-state index contributed by atoms with van der Waals surface area (Å²) in [5.41, 5.74) is 1.19. The van der Waals surface area contributed by atoms with Crippen molar-refractivity contribution < 1.29 is 8.42 Å². The molecule has 0 fully saturated rings. The molecule has 0 aliphatic rings. The number of nitrogens with two attached hydrogens (primary N) is 1. The molecule has 0 radical (unpaired) electrons. The van der Waals surface area contributed by atoms with Crippen molar-refractivity contribution in [3.05, 3.63) is 34.9 Å². The predicted octanol–water partition coefficient (Wildman–Crippen LogP) is 2.81. The molecular formula is C11H16ClNO2S2. The van der Waals surface area contributed by atoms with Gasteiger partial charge in [0.25, 0.3) is 0 Å². The van der Waals surface area contributed by atoms with E-state index in [1.54, 1.807) is 11.8 Å². The van der Waals surface area contributed by atoms with Crippen LogP contribution in [0.1, 0.15) is 24.2 Å². The van der Waals surface area contributed by atoms with Crippen molar-refractivity contribution in [3.63, 3.8) is 0 Å². The van der Waals surface area contributed by atoms with Crippen LogP contribution in [0.5, 0.6) is 0 Å². The minimum Gasteiger partial charge on any atom is -0.229 e. The number of thioether (sulfide) groups is 1. The molecule has 0 aliphatic carbocycles. The molecule has 0 spiro atoms. The summed E-state index contributed by atoms with van der Waals surface area (Å²) in [6.07, 6.45) is 0.585. The van der Waals surface area contributed by atoms with Crippen LogP contribution in [0.25, 0.3) is 0 Å². The lowest BCUT2D eigenvalue weighted by Crippen LogP contribution is -2.16. The van der Waals surface area contributed by atoms with Crippen LogP contribution in [0.15, 0.2) is 24.3 Å². The second kappa shape index (κ2) is 6.64. The van der Waals surface area contributed by atoms with Gasteiger partial charge in [0.05, 0.1) is 5.75 Å². The van der Waals surface area contributed by atoms with E-state index in [4.69, 9.17) is 16.7 Å². The van der Waals surface area contributed by atoms with Crippen molar-refractivity contribution >= 4 is 33.4 Å². The third-order valence-corrected chi connectivity index (χ3v) is 4.69. The zero-order valence-electron chi connectivity index (χ0n) is 9.60. The second-order valence-electron chi connectivity index (χ2n) is 3.79. The maximum absolute atomic E-state index is 10.7. The first-order valence-electron chi connectivity index (χ1n) is 5.26. The SMILES string of the molecule is C[C@H](SCCCS(N)(=O)=O)c1ccc(Cl)cc1. The molecule has 96 valence electrons. The molecule has 0 saturated carbocycles. The summed E-state index contributed by atoms with van der Waals surface area (Å²) in [4.78, 5) is 0. The molecule has 0 aromatic heterocycles. The standard InChI is InChI=1S/C11H16ClNO2S2/c1-9(10-3-5-11(12)6-4-10)16-7-2-8-17(13,14)15/h3-6,9H,2,7-8H2,1H3,(H2,13,14,15)/t9-/m0/s1. The summed E-state index contributed by atoms with van der Waals surface area (Å²) >= 11 is 7.52. The normalized spacial score (nSPS) is 13.6. The fraction of sp³-hybridized carbons (Fsp3) is 0.455. The predicted molar refractivity (Wildman–Crippen MR) is 74.9 cm³/mol. The quantitative estimate of drug-likeness (QED) is 0.821. The number of sulfonamides is 1. The minimum atomic E-state index is -3.32. The lowest BCUT2D eigenvalue weighted by molar-refractivity contribution is 0.596. The Morgan fingerprint density at radius 2 is 1.94 bits per heavy atom. The first-order chi connectivity index (χ1) is 7.88. The summed E-state index contributed by atoms with van der Waals surface area (Å²) in [6.45, 7) is 2.09. The van der Waals surface area contributed by atoms with E-state index in [0.717, 1.165) is 10.8 Å². The van der Waals surface area contributed by atoms with E-state index in [1.165, 1.54) is 5.56 Å². The van der Waals surface area contributed by atoms with Crippen molar-refractivity contribution in [1.29, 1.82) is 0 Å². The lowest BCUT2D eigenvalue weighted by atomic mass is 10.2. The Balaban J connectivity index is 2.35. The molecular weight excluding hydrogens is 278 g/mol. The molecule has 3 nitrogen and oxygen atoms in total. The summed E-state index contributed by atoms with van der Waals surface area (Å²) < 4.78 is 21.5. The maximum Gasteiger partial charge on any atom is 0.209 e. The van der Waals surface area contributed by atoms with Crippen molar-refractivity contribution in [2.24, 2.45) is 5.14 Å². The van der Waals surface area contributed by atoms with Crippen LogP contribution in [-0.2, 0) is 10.0 Å². The summed E-state index contributed by atoms with van der Waals surface area (Å²) in [7, 11) is -3.32. The zero-order chi connectivity index (χ0) is 12.9. The van der Waals surface area contributed by atoms with Crippen LogP contribution in [-0.4, -0.2) is 19.9 Å². The molecule has 0 amide bonds. The third kappa shape index (κ3) is 6.31. The molecule has 1 aromatic carbocycles. The molecule has 1 atom stereocenters. The first kappa shape index (κ1) is 14.8. The van der Waals surface area contributed by atoms with Crippen LogP contribution < -0.4 is 5.14 Å². The smallest absolute Gasteiger partial charge is 0.209 e. The number of hydrogen-bond donors (Lipinski definition) is 1. The van der Waals surface area contributed by atoms with E-state index in [-0.39, 0.29) is 5.75 Å². The molecule has 6 heteroatoms. The number of hydrogen-bond acceptors (Lipinski definition) is 3. The van der Waals surface area contributed by atoms with E-state index in [9.17, 15) is 8.42 Å². The highest BCUT2D eigenvalue weighted by atomic mass is 35.5. The van der Waals surface area contributed by atoms with Gasteiger partial charge >= 0.3 is 0 Å². The van der Waals surface area contributed by atoms with Gasteiger partial charge in [0.2, 0.25) is 10.0 Å². The van der Waals surface area contributed by atoms with Crippen LogP contribution in [0.3, 0.4) is 0 Å². The Bertz CT molecular complexity index is 445. The van der Waals surface area contributed by atoms with Crippen molar-refractivity contribution in [2.45, 2.75) is 18.6 Å². The molecule has 0 unspecified atom stereocenters. The third-order valence-electron chi connectivity index (χ3n) is 2.28. The Hall–Kier alpha value is -0.230. The molecule has 0 bridgehead atoms. The molecule has 0 heterocycles. The van der Waals surface area contributed by atoms with Crippen molar-refractivity contribution in [1.82, 2.24) is 0 Å². The van der Waals surface area contributed by atoms with E-state index in [2.05, 4.69) is 6.92 Å². The number of primary sulfonamides is 1.